The first kappa shape index (κ1) is 16.1. The summed E-state index contributed by atoms with van der Waals surface area (Å²) in [4.78, 5) is 50.4. The van der Waals surface area contributed by atoms with E-state index in [1.807, 2.05) is 6.07 Å². The zero-order valence-electron chi connectivity index (χ0n) is 12.4. The average Bonchev–Trinajstić information content (AvgIpc) is 2.51. The van der Waals surface area contributed by atoms with Gasteiger partial charge in [0.25, 0.3) is 11.8 Å². The maximum Gasteiger partial charge on any atom is 0.338 e. The molecule has 0 N–H and O–H groups in total. The lowest BCUT2D eigenvalue weighted by atomic mass is 9.98. The van der Waals surface area contributed by atoms with E-state index in [1.165, 1.54) is 30.3 Å². The van der Waals surface area contributed by atoms with E-state index >= 15 is 0 Å². The minimum absolute atomic E-state index is 0.122. The number of rotatable bonds is 4. The van der Waals surface area contributed by atoms with Crippen molar-refractivity contribution in [2.75, 3.05) is 11.4 Å². The molecule has 0 spiro atoms. The second-order valence-corrected chi connectivity index (χ2v) is 4.90. The van der Waals surface area contributed by atoms with Crippen molar-refractivity contribution >= 4 is 29.3 Å². The van der Waals surface area contributed by atoms with Gasteiger partial charge in [0.15, 0.2) is 11.7 Å². The van der Waals surface area contributed by atoms with Crippen LogP contribution in [0.2, 0.25) is 0 Å². The van der Waals surface area contributed by atoms with Crippen LogP contribution >= 0.6 is 0 Å². The lowest BCUT2D eigenvalue weighted by Gasteiger charge is -2.35. The van der Waals surface area contributed by atoms with Crippen LogP contribution in [0.4, 0.5) is 10.5 Å². The number of nitrogens with zero attached hydrogens (tertiary/aromatic N) is 3. The van der Waals surface area contributed by atoms with Gasteiger partial charge in [0.2, 0.25) is 0 Å². The highest BCUT2D eigenvalue weighted by Gasteiger charge is 2.48. The average molecular weight is 311 g/mol. The quantitative estimate of drug-likeness (QED) is 0.615. The number of imide groups is 2. The summed E-state index contributed by atoms with van der Waals surface area (Å²) in [6, 6.07) is 6.85. The van der Waals surface area contributed by atoms with Gasteiger partial charge < -0.3 is 0 Å². The smallest absolute Gasteiger partial charge is 0.299 e. The largest absolute Gasteiger partial charge is 0.338 e. The molecule has 1 saturated heterocycles. The van der Waals surface area contributed by atoms with E-state index in [0.29, 0.717) is 0 Å². The van der Waals surface area contributed by atoms with Crippen LogP contribution in [0.3, 0.4) is 0 Å². The van der Waals surface area contributed by atoms with Crippen molar-refractivity contribution in [2.24, 2.45) is 5.92 Å². The summed E-state index contributed by atoms with van der Waals surface area (Å²) in [5.74, 6) is -4.00. The number of Topliss-reactive ketones (excluding diaryl/α,β-unsaturated/α-hetero) is 1. The number of urea groups is 1. The molecule has 116 valence electrons. The molecule has 0 bridgehead atoms. The Morgan fingerprint density at radius 3 is 2.61 bits per heavy atom. The van der Waals surface area contributed by atoms with Crippen molar-refractivity contribution in [3.8, 4) is 6.07 Å². The van der Waals surface area contributed by atoms with Crippen LogP contribution in [0, 0.1) is 17.2 Å². The van der Waals surface area contributed by atoms with Crippen molar-refractivity contribution in [1.29, 1.82) is 5.26 Å². The first-order valence-electron chi connectivity index (χ1n) is 6.73. The summed E-state index contributed by atoms with van der Waals surface area (Å²) in [6.07, 6.45) is 1.33. The fourth-order valence-corrected chi connectivity index (χ4v) is 2.30. The van der Waals surface area contributed by atoms with Gasteiger partial charge in [-0.3, -0.25) is 19.3 Å². The Balaban J connectivity index is 2.55. The van der Waals surface area contributed by atoms with E-state index in [-0.39, 0.29) is 17.8 Å². The van der Waals surface area contributed by atoms with Gasteiger partial charge in [0.1, 0.15) is 0 Å². The number of anilines is 1. The van der Waals surface area contributed by atoms with Crippen molar-refractivity contribution in [3.05, 3.63) is 42.5 Å². The summed E-state index contributed by atoms with van der Waals surface area (Å²) in [5.41, 5.74) is 0.376. The van der Waals surface area contributed by atoms with Crippen LogP contribution in [0.15, 0.2) is 36.9 Å². The topological polar surface area (TPSA) is 98.6 Å². The van der Waals surface area contributed by atoms with Gasteiger partial charge in [0, 0.05) is 6.54 Å². The molecular weight excluding hydrogens is 298 g/mol. The molecule has 0 aliphatic carbocycles. The van der Waals surface area contributed by atoms with Crippen LogP contribution in [0.25, 0.3) is 0 Å². The lowest BCUT2D eigenvalue weighted by Crippen LogP contribution is -2.61. The Morgan fingerprint density at radius 1 is 1.35 bits per heavy atom. The molecule has 1 aromatic carbocycles. The van der Waals surface area contributed by atoms with E-state index in [2.05, 4.69) is 6.58 Å². The molecule has 0 saturated carbocycles. The molecule has 1 aliphatic heterocycles. The van der Waals surface area contributed by atoms with Gasteiger partial charge in [-0.25, -0.2) is 9.69 Å². The molecule has 1 aromatic rings. The highest BCUT2D eigenvalue weighted by atomic mass is 16.2. The number of benzene rings is 1. The number of hydrogen-bond acceptors (Lipinski definition) is 5. The third kappa shape index (κ3) is 2.74. The third-order valence-electron chi connectivity index (χ3n) is 3.35. The zero-order chi connectivity index (χ0) is 17.1. The molecule has 1 heterocycles. The van der Waals surface area contributed by atoms with Gasteiger partial charge in [-0.1, -0.05) is 12.1 Å². The third-order valence-corrected chi connectivity index (χ3v) is 3.35. The Kier molecular flexibility index (Phi) is 4.37. The predicted octanol–water partition coefficient (Wildman–Crippen LogP) is 1.24. The lowest BCUT2D eigenvalue weighted by molar-refractivity contribution is -0.145. The van der Waals surface area contributed by atoms with Crippen LogP contribution < -0.4 is 4.90 Å². The summed E-state index contributed by atoms with van der Waals surface area (Å²) >= 11 is 0. The molecule has 1 unspecified atom stereocenters. The van der Waals surface area contributed by atoms with E-state index in [0.717, 1.165) is 16.7 Å². The van der Waals surface area contributed by atoms with E-state index in [4.69, 9.17) is 5.26 Å². The Hall–Kier alpha value is -3.27. The molecule has 4 amide bonds. The van der Waals surface area contributed by atoms with Crippen molar-refractivity contribution in [1.82, 2.24) is 4.90 Å². The molecule has 23 heavy (non-hydrogen) atoms. The van der Waals surface area contributed by atoms with Gasteiger partial charge in [-0.15, -0.1) is 6.58 Å². The first-order chi connectivity index (χ1) is 10.9. The molecule has 7 nitrogen and oxygen atoms in total. The number of carbonyl (C=O) groups is 4. The minimum atomic E-state index is -1.57. The standard InChI is InChI=1S/C16H13N3O4/c1-3-7-18-14(21)13(10(2)20)15(22)19(16(18)23)12-6-4-5-11(8-12)9-17/h3-6,8,13H,1,7H2,2H3. The molecule has 1 fully saturated rings. The number of amides is 4. The van der Waals surface area contributed by atoms with E-state index in [9.17, 15) is 19.2 Å². The van der Waals surface area contributed by atoms with Crippen molar-refractivity contribution < 1.29 is 19.2 Å². The summed E-state index contributed by atoms with van der Waals surface area (Å²) in [5, 5.41) is 8.94. The van der Waals surface area contributed by atoms with Crippen molar-refractivity contribution in [2.45, 2.75) is 6.92 Å². The van der Waals surface area contributed by atoms with Crippen LogP contribution in [0.5, 0.6) is 0 Å². The number of barbiturate groups is 1. The highest BCUT2D eigenvalue weighted by Crippen LogP contribution is 2.26. The van der Waals surface area contributed by atoms with Crippen molar-refractivity contribution in [3.63, 3.8) is 0 Å². The normalized spacial score (nSPS) is 17.9. The first-order valence-corrected chi connectivity index (χ1v) is 6.73. The SMILES string of the molecule is C=CCN1C(=O)C(C(C)=O)C(=O)N(c2cccc(C#N)c2)C1=O. The molecule has 0 aromatic heterocycles. The van der Waals surface area contributed by atoms with Gasteiger partial charge in [0.05, 0.1) is 17.3 Å². The number of hydrogen-bond donors (Lipinski definition) is 0. The van der Waals surface area contributed by atoms with Gasteiger partial charge >= 0.3 is 6.03 Å². The van der Waals surface area contributed by atoms with E-state index in [1.54, 1.807) is 0 Å². The number of nitriles is 1. The number of carbonyl (C=O) groups excluding carboxylic acids is 4. The summed E-state index contributed by atoms with van der Waals surface area (Å²) in [7, 11) is 0. The van der Waals surface area contributed by atoms with Gasteiger partial charge in [-0.05, 0) is 25.1 Å². The molecule has 1 atom stereocenters. The summed E-state index contributed by atoms with van der Waals surface area (Å²) < 4.78 is 0. The molecule has 2 rings (SSSR count). The molecule has 1 aliphatic rings. The van der Waals surface area contributed by atoms with E-state index < -0.39 is 29.5 Å². The Bertz CT molecular complexity index is 763. The second kappa shape index (κ2) is 6.23. The molecule has 7 heteroatoms. The number of ketones is 1. The monoisotopic (exact) mass is 311 g/mol. The highest BCUT2D eigenvalue weighted by molar-refractivity contribution is 6.34. The molecule has 0 radical (unpaired) electrons. The van der Waals surface area contributed by atoms with Crippen LogP contribution in [-0.2, 0) is 14.4 Å². The Morgan fingerprint density at radius 2 is 2.04 bits per heavy atom. The minimum Gasteiger partial charge on any atom is -0.299 e. The van der Waals surface area contributed by atoms with Gasteiger partial charge in [-0.2, -0.15) is 5.26 Å². The fraction of sp³-hybridized carbons (Fsp3) is 0.188. The predicted molar refractivity (Wildman–Crippen MR) is 80.1 cm³/mol. The zero-order valence-corrected chi connectivity index (χ0v) is 12.4. The van der Waals surface area contributed by atoms with Crippen LogP contribution in [-0.4, -0.2) is 35.1 Å². The van der Waals surface area contributed by atoms with Crippen LogP contribution in [0.1, 0.15) is 12.5 Å². The second-order valence-electron chi connectivity index (χ2n) is 4.90. The maximum atomic E-state index is 12.5. The Labute approximate surface area is 132 Å². The molecular formula is C16H13N3O4. The maximum absolute atomic E-state index is 12.5. The fourth-order valence-electron chi connectivity index (χ4n) is 2.30. The summed E-state index contributed by atoms with van der Waals surface area (Å²) in [6.45, 7) is 4.46.